The lowest BCUT2D eigenvalue weighted by molar-refractivity contribution is -0.0231. The molecule has 1 saturated carbocycles. The molecule has 6 heteroatoms. The van der Waals surface area contributed by atoms with E-state index in [0.29, 0.717) is 23.1 Å². The molecule has 0 unspecified atom stereocenters. The third kappa shape index (κ3) is 4.18. The number of fused-ring (bicyclic) bond motifs is 1. The van der Waals surface area contributed by atoms with Crippen LogP contribution in [0.15, 0.2) is 41.1 Å². The molecule has 4 atom stereocenters. The predicted octanol–water partition coefficient (Wildman–Crippen LogP) is 3.19. The number of likely N-dealkylation sites (tertiary alicyclic amines) is 1. The molecule has 0 radical (unpaired) electrons. The number of nitrogens with zero attached hydrogens (tertiary/aromatic N) is 1. The van der Waals surface area contributed by atoms with Gasteiger partial charge in [-0.1, -0.05) is 0 Å². The number of esters is 1. The molecule has 0 amide bonds. The Balaban J connectivity index is 1.36. The van der Waals surface area contributed by atoms with Crippen LogP contribution in [0.1, 0.15) is 28.8 Å². The summed E-state index contributed by atoms with van der Waals surface area (Å²) in [6, 6.07) is 9.10. The maximum absolute atomic E-state index is 11.5. The standard InChI is InChI=1S/C21H25NO4S/c1-25-21(24)15-2-4-18(5-3-15)26-20-9-17-12-22(10-14-6-7-27-13-14)11-16(17)8-19(20)23/h2-7,13,16-17,19-20,23H,8-12H2,1H3/t16-,17+,19+,20+/m0/s1. The van der Waals surface area contributed by atoms with Gasteiger partial charge in [-0.3, -0.25) is 4.90 Å². The average Bonchev–Trinajstić information content (AvgIpc) is 3.31. The average molecular weight is 388 g/mol. The molecule has 1 N–H and O–H groups in total. The van der Waals surface area contributed by atoms with E-state index in [9.17, 15) is 9.90 Å². The molecule has 2 heterocycles. The predicted molar refractivity (Wildman–Crippen MR) is 104 cm³/mol. The fourth-order valence-corrected chi connectivity index (χ4v) is 5.01. The van der Waals surface area contributed by atoms with Gasteiger partial charge >= 0.3 is 5.97 Å². The van der Waals surface area contributed by atoms with Gasteiger partial charge < -0.3 is 14.6 Å². The van der Waals surface area contributed by atoms with Gasteiger partial charge in [0, 0.05) is 19.6 Å². The fourth-order valence-electron chi connectivity index (χ4n) is 4.35. The van der Waals surface area contributed by atoms with Crippen molar-refractivity contribution in [1.29, 1.82) is 0 Å². The number of carbonyl (C=O) groups is 1. The molecule has 5 nitrogen and oxygen atoms in total. The molecule has 2 aromatic rings. The van der Waals surface area contributed by atoms with E-state index < -0.39 is 6.10 Å². The summed E-state index contributed by atoms with van der Waals surface area (Å²) < 4.78 is 10.8. The van der Waals surface area contributed by atoms with Gasteiger partial charge in [-0.15, -0.1) is 0 Å². The molecule has 1 saturated heterocycles. The van der Waals surface area contributed by atoms with Crippen LogP contribution in [0.5, 0.6) is 5.75 Å². The van der Waals surface area contributed by atoms with Crippen LogP contribution in [0.2, 0.25) is 0 Å². The Morgan fingerprint density at radius 2 is 1.93 bits per heavy atom. The van der Waals surface area contributed by atoms with E-state index in [-0.39, 0.29) is 12.1 Å². The first kappa shape index (κ1) is 18.5. The van der Waals surface area contributed by atoms with Crippen molar-refractivity contribution in [2.45, 2.75) is 31.6 Å². The fraction of sp³-hybridized carbons (Fsp3) is 0.476. The Morgan fingerprint density at radius 1 is 1.19 bits per heavy atom. The highest BCUT2D eigenvalue weighted by atomic mass is 32.1. The molecule has 1 aromatic heterocycles. The van der Waals surface area contributed by atoms with E-state index in [2.05, 4.69) is 21.7 Å². The summed E-state index contributed by atoms with van der Waals surface area (Å²) in [5.74, 6) is 1.42. The molecule has 27 heavy (non-hydrogen) atoms. The first-order valence-electron chi connectivity index (χ1n) is 9.39. The Kier molecular flexibility index (Phi) is 5.48. The Labute approximate surface area is 163 Å². The molecule has 1 aliphatic carbocycles. The SMILES string of the molecule is COC(=O)c1ccc(O[C@@H]2C[C@@H]3CN(Cc4ccsc4)C[C@@H]3C[C@H]2O)cc1. The Bertz CT molecular complexity index is 761. The smallest absolute Gasteiger partial charge is 0.337 e. The normalized spacial score (nSPS) is 27.9. The molecule has 1 aromatic carbocycles. The van der Waals surface area contributed by atoms with Crippen LogP contribution < -0.4 is 4.74 Å². The lowest BCUT2D eigenvalue weighted by Gasteiger charge is -2.35. The molecular weight excluding hydrogens is 362 g/mol. The van der Waals surface area contributed by atoms with Crippen molar-refractivity contribution in [2.75, 3.05) is 20.2 Å². The first-order valence-corrected chi connectivity index (χ1v) is 10.3. The van der Waals surface area contributed by atoms with Gasteiger partial charge in [0.05, 0.1) is 18.8 Å². The zero-order valence-corrected chi connectivity index (χ0v) is 16.2. The third-order valence-corrected chi connectivity index (χ3v) is 6.44. The summed E-state index contributed by atoms with van der Waals surface area (Å²) in [6.45, 7) is 3.11. The lowest BCUT2D eigenvalue weighted by Crippen LogP contribution is -2.42. The molecular formula is C21H25NO4S. The number of aliphatic hydroxyl groups is 1. The van der Waals surface area contributed by atoms with Gasteiger partial charge in [-0.2, -0.15) is 11.3 Å². The van der Waals surface area contributed by atoms with Crippen LogP contribution in [-0.4, -0.2) is 48.4 Å². The molecule has 2 aliphatic rings. The van der Waals surface area contributed by atoms with Gasteiger partial charge in [-0.25, -0.2) is 4.79 Å². The third-order valence-electron chi connectivity index (χ3n) is 5.71. The molecule has 0 bridgehead atoms. The Morgan fingerprint density at radius 3 is 2.59 bits per heavy atom. The van der Waals surface area contributed by atoms with Crippen LogP contribution in [-0.2, 0) is 11.3 Å². The number of ether oxygens (including phenoxy) is 2. The van der Waals surface area contributed by atoms with Crippen molar-refractivity contribution >= 4 is 17.3 Å². The van der Waals surface area contributed by atoms with Crippen LogP contribution >= 0.6 is 11.3 Å². The highest BCUT2D eigenvalue weighted by molar-refractivity contribution is 7.07. The van der Waals surface area contributed by atoms with Gasteiger partial charge in [0.15, 0.2) is 0 Å². The van der Waals surface area contributed by atoms with E-state index in [1.165, 1.54) is 12.7 Å². The van der Waals surface area contributed by atoms with E-state index in [0.717, 1.165) is 32.5 Å². The largest absolute Gasteiger partial charge is 0.488 e. The quantitative estimate of drug-likeness (QED) is 0.799. The summed E-state index contributed by atoms with van der Waals surface area (Å²) >= 11 is 1.74. The van der Waals surface area contributed by atoms with E-state index in [1.807, 2.05) is 0 Å². The van der Waals surface area contributed by atoms with Gasteiger partial charge in [0.2, 0.25) is 0 Å². The van der Waals surface area contributed by atoms with Crippen LogP contribution in [0.3, 0.4) is 0 Å². The molecule has 144 valence electrons. The van der Waals surface area contributed by atoms with Gasteiger partial charge in [0.1, 0.15) is 11.9 Å². The molecule has 0 spiro atoms. The molecule has 2 fully saturated rings. The summed E-state index contributed by atoms with van der Waals surface area (Å²) in [5.41, 5.74) is 1.87. The summed E-state index contributed by atoms with van der Waals surface area (Å²) in [5, 5.41) is 14.9. The lowest BCUT2D eigenvalue weighted by atomic mass is 9.78. The van der Waals surface area contributed by atoms with E-state index >= 15 is 0 Å². The molecule has 4 rings (SSSR count). The zero-order valence-electron chi connectivity index (χ0n) is 15.4. The highest BCUT2D eigenvalue weighted by Gasteiger charge is 2.42. The topological polar surface area (TPSA) is 59.0 Å². The summed E-state index contributed by atoms with van der Waals surface area (Å²) in [7, 11) is 1.37. The first-order chi connectivity index (χ1) is 13.1. The van der Waals surface area contributed by atoms with Crippen molar-refractivity contribution in [3.63, 3.8) is 0 Å². The maximum atomic E-state index is 11.5. The number of hydrogen-bond donors (Lipinski definition) is 1. The number of benzene rings is 1. The number of rotatable bonds is 5. The monoisotopic (exact) mass is 387 g/mol. The minimum absolute atomic E-state index is 0.198. The second-order valence-corrected chi connectivity index (χ2v) is 8.34. The number of carbonyl (C=O) groups excluding carboxylic acids is 1. The second-order valence-electron chi connectivity index (χ2n) is 7.56. The van der Waals surface area contributed by atoms with Crippen LogP contribution in [0, 0.1) is 11.8 Å². The van der Waals surface area contributed by atoms with E-state index in [4.69, 9.17) is 9.47 Å². The van der Waals surface area contributed by atoms with Gasteiger partial charge in [0.25, 0.3) is 0 Å². The van der Waals surface area contributed by atoms with Crippen molar-refractivity contribution in [2.24, 2.45) is 11.8 Å². The van der Waals surface area contributed by atoms with Crippen molar-refractivity contribution in [3.05, 3.63) is 52.2 Å². The maximum Gasteiger partial charge on any atom is 0.337 e. The minimum Gasteiger partial charge on any atom is -0.488 e. The Hall–Kier alpha value is -1.89. The van der Waals surface area contributed by atoms with Crippen molar-refractivity contribution < 1.29 is 19.4 Å². The minimum atomic E-state index is -0.451. The van der Waals surface area contributed by atoms with E-state index in [1.54, 1.807) is 35.6 Å². The number of aliphatic hydroxyl groups excluding tert-OH is 1. The van der Waals surface area contributed by atoms with Crippen LogP contribution in [0.25, 0.3) is 0 Å². The number of thiophene rings is 1. The zero-order chi connectivity index (χ0) is 18.8. The van der Waals surface area contributed by atoms with Crippen LogP contribution in [0.4, 0.5) is 0 Å². The number of methoxy groups -OCH3 is 1. The second kappa shape index (κ2) is 8.00. The molecule has 1 aliphatic heterocycles. The number of hydrogen-bond acceptors (Lipinski definition) is 6. The van der Waals surface area contributed by atoms with Gasteiger partial charge in [-0.05, 0) is 71.3 Å². The van der Waals surface area contributed by atoms with Crippen molar-refractivity contribution in [3.8, 4) is 5.75 Å². The summed E-state index contributed by atoms with van der Waals surface area (Å²) in [6.07, 6.45) is 1.00. The highest BCUT2D eigenvalue weighted by Crippen LogP contribution is 2.38. The van der Waals surface area contributed by atoms with Crippen molar-refractivity contribution in [1.82, 2.24) is 4.90 Å². The summed E-state index contributed by atoms with van der Waals surface area (Å²) in [4.78, 5) is 14.0.